The molecule has 0 atom stereocenters. The Balaban J connectivity index is 2.55. The van der Waals surface area contributed by atoms with Crippen LogP contribution in [0.5, 0.6) is 0 Å². The molecule has 0 aliphatic heterocycles. The zero-order valence-corrected chi connectivity index (χ0v) is 8.51. The van der Waals surface area contributed by atoms with Gasteiger partial charge in [-0.15, -0.1) is 10.2 Å². The first kappa shape index (κ1) is 8.96. The summed E-state index contributed by atoms with van der Waals surface area (Å²) < 4.78 is 0. The molecule has 72 valence electrons. The number of aryl methyl sites for hydroxylation is 1. The molecule has 0 fully saturated rings. The van der Waals surface area contributed by atoms with Gasteiger partial charge >= 0.3 is 0 Å². The Morgan fingerprint density at radius 1 is 1.21 bits per heavy atom. The second-order valence-electron chi connectivity index (χ2n) is 3.04. The minimum absolute atomic E-state index is 0.459. The van der Waals surface area contributed by atoms with Crippen molar-refractivity contribution in [3.05, 3.63) is 23.8 Å². The van der Waals surface area contributed by atoms with Crippen LogP contribution in [0.4, 0.5) is 10.8 Å². The minimum atomic E-state index is 0.459. The molecule has 2 aromatic rings. The van der Waals surface area contributed by atoms with E-state index in [1.165, 1.54) is 11.3 Å². The standard InChI is InChI=1S/C9H10N4S/c1-5-2-3-7(10)6(4-5)8-12-13-9(11)14-8/h2-4H,10H2,1H3,(H2,11,13). The summed E-state index contributed by atoms with van der Waals surface area (Å²) in [6, 6.07) is 5.81. The summed E-state index contributed by atoms with van der Waals surface area (Å²) in [5.41, 5.74) is 14.1. The van der Waals surface area contributed by atoms with Crippen LogP contribution >= 0.6 is 11.3 Å². The molecule has 5 heteroatoms. The molecule has 4 N–H and O–H groups in total. The van der Waals surface area contributed by atoms with E-state index in [-0.39, 0.29) is 0 Å². The van der Waals surface area contributed by atoms with Gasteiger partial charge in [0.05, 0.1) is 0 Å². The smallest absolute Gasteiger partial charge is 0.203 e. The summed E-state index contributed by atoms with van der Waals surface area (Å²) in [5.74, 6) is 0. The highest BCUT2D eigenvalue weighted by atomic mass is 32.1. The fourth-order valence-electron chi connectivity index (χ4n) is 1.20. The van der Waals surface area contributed by atoms with Crippen LogP contribution in [0.25, 0.3) is 10.6 Å². The highest BCUT2D eigenvalue weighted by Gasteiger charge is 2.07. The Morgan fingerprint density at radius 3 is 2.64 bits per heavy atom. The molecule has 0 saturated heterocycles. The quantitative estimate of drug-likeness (QED) is 0.696. The molecule has 0 spiro atoms. The first-order valence-corrected chi connectivity index (χ1v) is 4.94. The number of hydrogen-bond donors (Lipinski definition) is 2. The van der Waals surface area contributed by atoms with Crippen LogP contribution in [-0.4, -0.2) is 10.2 Å². The average Bonchev–Trinajstić information content (AvgIpc) is 2.56. The summed E-state index contributed by atoms with van der Waals surface area (Å²) in [4.78, 5) is 0. The molecule has 1 aromatic carbocycles. The molecule has 0 aliphatic rings. The van der Waals surface area contributed by atoms with Crippen molar-refractivity contribution in [2.45, 2.75) is 6.92 Å². The Kier molecular flexibility index (Phi) is 2.09. The highest BCUT2D eigenvalue weighted by Crippen LogP contribution is 2.29. The van der Waals surface area contributed by atoms with E-state index >= 15 is 0 Å². The summed E-state index contributed by atoms with van der Waals surface area (Å²) in [5, 5.41) is 8.93. The number of nitrogens with two attached hydrogens (primary N) is 2. The molecule has 14 heavy (non-hydrogen) atoms. The number of nitrogens with zero attached hydrogens (tertiary/aromatic N) is 2. The summed E-state index contributed by atoms with van der Waals surface area (Å²) in [6.45, 7) is 2.01. The lowest BCUT2D eigenvalue weighted by Gasteiger charge is -2.01. The molecule has 0 bridgehead atoms. The molecule has 0 amide bonds. The van der Waals surface area contributed by atoms with E-state index in [1.54, 1.807) is 0 Å². The molecule has 0 unspecified atom stereocenters. The number of hydrogen-bond acceptors (Lipinski definition) is 5. The second-order valence-corrected chi connectivity index (χ2v) is 4.05. The molecule has 0 saturated carbocycles. The third-order valence-electron chi connectivity index (χ3n) is 1.88. The van der Waals surface area contributed by atoms with E-state index in [9.17, 15) is 0 Å². The van der Waals surface area contributed by atoms with Crippen molar-refractivity contribution < 1.29 is 0 Å². The van der Waals surface area contributed by atoms with Gasteiger partial charge in [-0.1, -0.05) is 23.0 Å². The van der Waals surface area contributed by atoms with Gasteiger partial charge in [-0.2, -0.15) is 0 Å². The van der Waals surface area contributed by atoms with E-state index in [2.05, 4.69) is 10.2 Å². The van der Waals surface area contributed by atoms with Gasteiger partial charge in [0.15, 0.2) is 5.01 Å². The van der Waals surface area contributed by atoms with Crippen LogP contribution in [0.1, 0.15) is 5.56 Å². The van der Waals surface area contributed by atoms with Crippen molar-refractivity contribution in [2.75, 3.05) is 11.5 Å². The zero-order chi connectivity index (χ0) is 10.1. The van der Waals surface area contributed by atoms with Gasteiger partial charge in [0.1, 0.15) is 0 Å². The molecule has 1 aromatic heterocycles. The van der Waals surface area contributed by atoms with Crippen LogP contribution in [0, 0.1) is 6.92 Å². The minimum Gasteiger partial charge on any atom is -0.398 e. The Labute approximate surface area is 85.6 Å². The maximum atomic E-state index is 5.83. The van der Waals surface area contributed by atoms with Gasteiger partial charge in [-0.3, -0.25) is 0 Å². The van der Waals surface area contributed by atoms with Crippen molar-refractivity contribution in [1.82, 2.24) is 10.2 Å². The normalized spacial score (nSPS) is 10.4. The first-order chi connectivity index (χ1) is 6.66. The molecular formula is C9H10N4S. The van der Waals surface area contributed by atoms with E-state index in [1.807, 2.05) is 25.1 Å². The van der Waals surface area contributed by atoms with E-state index in [0.29, 0.717) is 10.8 Å². The second kappa shape index (κ2) is 3.26. The Morgan fingerprint density at radius 2 is 2.00 bits per heavy atom. The third-order valence-corrected chi connectivity index (χ3v) is 2.67. The lowest BCUT2D eigenvalue weighted by atomic mass is 10.1. The van der Waals surface area contributed by atoms with Crippen molar-refractivity contribution in [2.24, 2.45) is 0 Å². The number of nitrogen functional groups attached to an aromatic ring is 2. The van der Waals surface area contributed by atoms with Crippen molar-refractivity contribution >= 4 is 22.2 Å². The monoisotopic (exact) mass is 206 g/mol. The number of benzene rings is 1. The van der Waals surface area contributed by atoms with Gasteiger partial charge in [0, 0.05) is 11.3 Å². The maximum absolute atomic E-state index is 5.83. The van der Waals surface area contributed by atoms with Gasteiger partial charge < -0.3 is 11.5 Å². The van der Waals surface area contributed by atoms with Crippen LogP contribution in [-0.2, 0) is 0 Å². The number of rotatable bonds is 1. The summed E-state index contributed by atoms with van der Waals surface area (Å²) >= 11 is 1.34. The lowest BCUT2D eigenvalue weighted by molar-refractivity contribution is 1.10. The first-order valence-electron chi connectivity index (χ1n) is 4.12. The van der Waals surface area contributed by atoms with E-state index < -0.39 is 0 Å². The molecule has 2 rings (SSSR count). The van der Waals surface area contributed by atoms with Crippen molar-refractivity contribution in [3.63, 3.8) is 0 Å². The summed E-state index contributed by atoms with van der Waals surface area (Å²) in [6.07, 6.45) is 0. The molecule has 0 aliphatic carbocycles. The Hall–Kier alpha value is -1.62. The van der Waals surface area contributed by atoms with Crippen LogP contribution in [0.15, 0.2) is 18.2 Å². The van der Waals surface area contributed by atoms with Gasteiger partial charge in [0.25, 0.3) is 0 Å². The maximum Gasteiger partial charge on any atom is 0.203 e. The predicted octanol–water partition coefficient (Wildman–Crippen LogP) is 1.68. The van der Waals surface area contributed by atoms with Crippen LogP contribution in [0.2, 0.25) is 0 Å². The topological polar surface area (TPSA) is 77.8 Å². The van der Waals surface area contributed by atoms with Crippen LogP contribution < -0.4 is 11.5 Å². The average molecular weight is 206 g/mol. The Bertz CT molecular complexity index is 464. The van der Waals surface area contributed by atoms with E-state index in [0.717, 1.165) is 16.1 Å². The molecule has 0 radical (unpaired) electrons. The highest BCUT2D eigenvalue weighted by molar-refractivity contribution is 7.18. The van der Waals surface area contributed by atoms with Crippen molar-refractivity contribution in [3.8, 4) is 10.6 Å². The lowest BCUT2D eigenvalue weighted by Crippen LogP contribution is -1.90. The number of aromatic nitrogens is 2. The fraction of sp³-hybridized carbons (Fsp3) is 0.111. The third kappa shape index (κ3) is 1.54. The SMILES string of the molecule is Cc1ccc(N)c(-c2nnc(N)s2)c1. The largest absolute Gasteiger partial charge is 0.398 e. The zero-order valence-electron chi connectivity index (χ0n) is 7.69. The fourth-order valence-corrected chi connectivity index (χ4v) is 1.85. The predicted molar refractivity (Wildman–Crippen MR) is 58.9 cm³/mol. The van der Waals surface area contributed by atoms with Gasteiger partial charge in [-0.25, -0.2) is 0 Å². The van der Waals surface area contributed by atoms with Gasteiger partial charge in [-0.05, 0) is 19.1 Å². The molecule has 1 heterocycles. The molecule has 4 nitrogen and oxygen atoms in total. The van der Waals surface area contributed by atoms with Crippen molar-refractivity contribution in [1.29, 1.82) is 0 Å². The molecular weight excluding hydrogens is 196 g/mol. The van der Waals surface area contributed by atoms with Gasteiger partial charge in [0.2, 0.25) is 5.13 Å². The number of anilines is 2. The summed E-state index contributed by atoms with van der Waals surface area (Å²) in [7, 11) is 0. The van der Waals surface area contributed by atoms with Crippen LogP contribution in [0.3, 0.4) is 0 Å². The van der Waals surface area contributed by atoms with E-state index in [4.69, 9.17) is 11.5 Å².